The number of hydrogen-bond acceptors (Lipinski definition) is 5. The molecular formula is C20H21N5O. The number of methoxy groups -OCH3 is 1. The summed E-state index contributed by atoms with van der Waals surface area (Å²) in [6.07, 6.45) is 2.51. The summed E-state index contributed by atoms with van der Waals surface area (Å²) in [5.74, 6) is 2.54. The van der Waals surface area contributed by atoms with Gasteiger partial charge in [0, 0.05) is 29.7 Å². The van der Waals surface area contributed by atoms with Gasteiger partial charge in [-0.3, -0.25) is 0 Å². The van der Waals surface area contributed by atoms with Gasteiger partial charge >= 0.3 is 0 Å². The second-order valence-corrected chi connectivity index (χ2v) is 6.36. The number of anilines is 1. The molecule has 0 aliphatic carbocycles. The van der Waals surface area contributed by atoms with E-state index in [2.05, 4.69) is 23.2 Å². The van der Waals surface area contributed by atoms with Crippen LogP contribution in [0.5, 0.6) is 5.75 Å². The van der Waals surface area contributed by atoms with Crippen LogP contribution in [0.4, 0.5) is 5.69 Å². The van der Waals surface area contributed by atoms with Crippen molar-refractivity contribution in [2.24, 2.45) is 5.10 Å². The van der Waals surface area contributed by atoms with Crippen molar-refractivity contribution in [1.82, 2.24) is 14.9 Å². The summed E-state index contributed by atoms with van der Waals surface area (Å²) in [6.45, 7) is 2.13. The molecule has 4 rings (SSSR count). The standard InChI is InChI=1S/C20H21N5O/c1-3-4-18-22-23-19-11-14-7-10-16(26-2)12-17(14)20(24-25(18)19)13-5-8-15(21)9-6-13/h5-10,12H,3-4,11,21H2,1-2H3. The van der Waals surface area contributed by atoms with Gasteiger partial charge in [-0.25, -0.2) is 4.68 Å². The first-order valence-corrected chi connectivity index (χ1v) is 8.75. The third-order valence-electron chi connectivity index (χ3n) is 4.55. The summed E-state index contributed by atoms with van der Waals surface area (Å²) in [7, 11) is 1.67. The van der Waals surface area contributed by atoms with Crippen molar-refractivity contribution in [2.45, 2.75) is 26.2 Å². The van der Waals surface area contributed by atoms with E-state index in [1.165, 1.54) is 0 Å². The maximum atomic E-state index is 5.87. The van der Waals surface area contributed by atoms with Gasteiger partial charge in [-0.2, -0.15) is 5.10 Å². The minimum absolute atomic E-state index is 0.679. The lowest BCUT2D eigenvalue weighted by atomic mass is 9.95. The van der Waals surface area contributed by atoms with Crippen molar-refractivity contribution in [3.63, 3.8) is 0 Å². The fourth-order valence-corrected chi connectivity index (χ4v) is 3.19. The predicted molar refractivity (Wildman–Crippen MR) is 102 cm³/mol. The molecule has 0 unspecified atom stereocenters. The van der Waals surface area contributed by atoms with Crippen LogP contribution >= 0.6 is 0 Å². The monoisotopic (exact) mass is 347 g/mol. The smallest absolute Gasteiger partial charge is 0.159 e. The molecule has 0 spiro atoms. The van der Waals surface area contributed by atoms with E-state index >= 15 is 0 Å². The first-order valence-electron chi connectivity index (χ1n) is 8.75. The van der Waals surface area contributed by atoms with Gasteiger partial charge in [0.05, 0.1) is 12.8 Å². The van der Waals surface area contributed by atoms with E-state index in [1.807, 2.05) is 41.1 Å². The molecule has 0 atom stereocenters. The summed E-state index contributed by atoms with van der Waals surface area (Å²) in [6, 6.07) is 13.8. The molecule has 0 fully saturated rings. The highest BCUT2D eigenvalue weighted by Gasteiger charge is 2.22. The van der Waals surface area contributed by atoms with E-state index < -0.39 is 0 Å². The summed E-state index contributed by atoms with van der Waals surface area (Å²) >= 11 is 0. The van der Waals surface area contributed by atoms with Crippen LogP contribution in [0, 0.1) is 0 Å². The Morgan fingerprint density at radius 2 is 1.92 bits per heavy atom. The van der Waals surface area contributed by atoms with Gasteiger partial charge in [0.2, 0.25) is 0 Å². The molecule has 1 aliphatic heterocycles. The number of aryl methyl sites for hydroxylation is 1. The van der Waals surface area contributed by atoms with E-state index in [4.69, 9.17) is 15.6 Å². The fourth-order valence-electron chi connectivity index (χ4n) is 3.19. The predicted octanol–water partition coefficient (Wildman–Crippen LogP) is 3.03. The summed E-state index contributed by atoms with van der Waals surface area (Å²) < 4.78 is 7.33. The Labute approximate surface area is 152 Å². The molecule has 0 bridgehead atoms. The molecular weight excluding hydrogens is 326 g/mol. The summed E-state index contributed by atoms with van der Waals surface area (Å²) in [4.78, 5) is 0. The molecule has 3 aromatic rings. The third-order valence-corrected chi connectivity index (χ3v) is 4.55. The Hall–Kier alpha value is -3.15. The lowest BCUT2D eigenvalue weighted by molar-refractivity contribution is 0.414. The first-order chi connectivity index (χ1) is 12.7. The number of ether oxygens (including phenoxy) is 1. The highest BCUT2D eigenvalue weighted by Crippen LogP contribution is 2.27. The van der Waals surface area contributed by atoms with Crippen molar-refractivity contribution in [2.75, 3.05) is 12.8 Å². The third kappa shape index (κ3) is 2.83. The number of rotatable bonds is 4. The van der Waals surface area contributed by atoms with Gasteiger partial charge in [0.1, 0.15) is 5.75 Å². The molecule has 1 aliphatic rings. The Bertz CT molecular complexity index is 972. The van der Waals surface area contributed by atoms with Crippen LogP contribution < -0.4 is 10.5 Å². The van der Waals surface area contributed by atoms with Crippen LogP contribution in [0.25, 0.3) is 0 Å². The SMILES string of the molecule is CCCc1nnc2n1N=C(c1ccc(N)cc1)c1cc(OC)ccc1C2. The van der Waals surface area contributed by atoms with Gasteiger partial charge < -0.3 is 10.5 Å². The quantitative estimate of drug-likeness (QED) is 0.576. The first kappa shape index (κ1) is 16.3. The fraction of sp³-hybridized carbons (Fsp3) is 0.250. The van der Waals surface area contributed by atoms with Crippen LogP contribution in [0.15, 0.2) is 47.6 Å². The molecule has 0 amide bonds. The Morgan fingerprint density at radius 3 is 2.65 bits per heavy atom. The number of nitrogens with two attached hydrogens (primary N) is 1. The molecule has 0 saturated heterocycles. The Kier molecular flexibility index (Phi) is 4.16. The van der Waals surface area contributed by atoms with Crippen LogP contribution in [0.2, 0.25) is 0 Å². The maximum Gasteiger partial charge on any atom is 0.159 e. The van der Waals surface area contributed by atoms with Crippen molar-refractivity contribution in [3.8, 4) is 5.75 Å². The number of benzene rings is 2. The van der Waals surface area contributed by atoms with E-state index in [0.717, 1.165) is 58.3 Å². The Balaban J connectivity index is 1.95. The molecule has 6 nitrogen and oxygen atoms in total. The zero-order chi connectivity index (χ0) is 18.1. The largest absolute Gasteiger partial charge is 0.497 e. The van der Waals surface area contributed by atoms with Gasteiger partial charge in [-0.05, 0) is 36.2 Å². The van der Waals surface area contributed by atoms with Crippen LogP contribution in [0.3, 0.4) is 0 Å². The van der Waals surface area contributed by atoms with E-state index in [9.17, 15) is 0 Å². The summed E-state index contributed by atoms with van der Waals surface area (Å²) in [5.41, 5.74) is 10.7. The lowest BCUT2D eigenvalue weighted by Crippen LogP contribution is -2.08. The van der Waals surface area contributed by atoms with Gasteiger partial charge in [-0.1, -0.05) is 25.1 Å². The lowest BCUT2D eigenvalue weighted by Gasteiger charge is -2.11. The number of nitrogens with zero attached hydrogens (tertiary/aromatic N) is 4. The van der Waals surface area contributed by atoms with E-state index in [1.54, 1.807) is 7.11 Å². The number of aromatic nitrogens is 3. The molecule has 1 aromatic heterocycles. The average Bonchev–Trinajstić information content (AvgIpc) is 2.94. The second-order valence-electron chi connectivity index (χ2n) is 6.36. The second kappa shape index (κ2) is 6.63. The molecule has 0 saturated carbocycles. The van der Waals surface area contributed by atoms with Crippen molar-refractivity contribution >= 4 is 11.4 Å². The van der Waals surface area contributed by atoms with Crippen LogP contribution in [-0.2, 0) is 12.8 Å². The molecule has 2 aromatic carbocycles. The van der Waals surface area contributed by atoms with Gasteiger partial charge in [0.15, 0.2) is 11.6 Å². The van der Waals surface area contributed by atoms with Gasteiger partial charge in [-0.15, -0.1) is 10.2 Å². The molecule has 2 heterocycles. The number of nitrogen functional groups attached to an aromatic ring is 1. The topological polar surface area (TPSA) is 78.3 Å². The highest BCUT2D eigenvalue weighted by molar-refractivity contribution is 6.14. The molecule has 6 heteroatoms. The zero-order valence-electron chi connectivity index (χ0n) is 14.9. The highest BCUT2D eigenvalue weighted by atomic mass is 16.5. The van der Waals surface area contributed by atoms with Crippen LogP contribution in [0.1, 0.15) is 41.7 Å². The molecule has 0 radical (unpaired) electrons. The minimum Gasteiger partial charge on any atom is -0.497 e. The van der Waals surface area contributed by atoms with E-state index in [-0.39, 0.29) is 0 Å². The van der Waals surface area contributed by atoms with Crippen molar-refractivity contribution in [3.05, 3.63) is 70.8 Å². The zero-order valence-corrected chi connectivity index (χ0v) is 14.9. The number of hydrogen-bond donors (Lipinski definition) is 1. The van der Waals surface area contributed by atoms with Gasteiger partial charge in [0.25, 0.3) is 0 Å². The number of fused-ring (bicyclic) bond motifs is 2. The normalized spacial score (nSPS) is 12.8. The average molecular weight is 347 g/mol. The van der Waals surface area contributed by atoms with Crippen molar-refractivity contribution in [1.29, 1.82) is 0 Å². The molecule has 26 heavy (non-hydrogen) atoms. The summed E-state index contributed by atoms with van der Waals surface area (Å²) in [5, 5.41) is 13.7. The minimum atomic E-state index is 0.679. The van der Waals surface area contributed by atoms with E-state index in [0.29, 0.717) is 6.42 Å². The Morgan fingerprint density at radius 1 is 1.12 bits per heavy atom. The molecule has 2 N–H and O–H groups in total. The molecule has 132 valence electrons. The van der Waals surface area contributed by atoms with Crippen molar-refractivity contribution < 1.29 is 4.74 Å². The maximum absolute atomic E-state index is 5.87. The van der Waals surface area contributed by atoms with Crippen LogP contribution in [-0.4, -0.2) is 27.7 Å².